The van der Waals surface area contributed by atoms with E-state index in [9.17, 15) is 4.79 Å². The molecule has 3 rings (SSSR count). The second-order valence-corrected chi connectivity index (χ2v) is 6.39. The number of rotatable bonds is 5. The highest BCUT2D eigenvalue weighted by molar-refractivity contribution is 7.22. The lowest BCUT2D eigenvalue weighted by molar-refractivity contribution is 0.102. The van der Waals surface area contributed by atoms with Gasteiger partial charge in [0.15, 0.2) is 16.6 Å². The molecule has 0 aliphatic rings. The molecular formula is C18H18N2O4S. The van der Waals surface area contributed by atoms with Crippen LogP contribution >= 0.6 is 11.3 Å². The molecule has 0 radical (unpaired) electrons. The van der Waals surface area contributed by atoms with Crippen molar-refractivity contribution in [2.24, 2.45) is 0 Å². The van der Waals surface area contributed by atoms with Crippen LogP contribution in [0.3, 0.4) is 0 Å². The summed E-state index contributed by atoms with van der Waals surface area (Å²) in [4.78, 5) is 17.0. The van der Waals surface area contributed by atoms with Gasteiger partial charge in [0.2, 0.25) is 5.75 Å². The highest BCUT2D eigenvalue weighted by atomic mass is 32.1. The molecule has 0 unspecified atom stereocenters. The number of aromatic nitrogens is 1. The summed E-state index contributed by atoms with van der Waals surface area (Å²) in [6.45, 7) is 2.02. The van der Waals surface area contributed by atoms with Crippen LogP contribution in [0.25, 0.3) is 10.2 Å². The van der Waals surface area contributed by atoms with Crippen LogP contribution in [0.1, 0.15) is 15.9 Å². The molecule has 25 heavy (non-hydrogen) atoms. The molecule has 1 N–H and O–H groups in total. The first kappa shape index (κ1) is 17.0. The Morgan fingerprint density at radius 1 is 1.04 bits per heavy atom. The summed E-state index contributed by atoms with van der Waals surface area (Å²) in [5, 5.41) is 3.36. The minimum atomic E-state index is -0.296. The van der Waals surface area contributed by atoms with E-state index < -0.39 is 0 Å². The fraction of sp³-hybridized carbons (Fsp3) is 0.222. The molecule has 0 saturated carbocycles. The van der Waals surface area contributed by atoms with Crippen molar-refractivity contribution < 1.29 is 19.0 Å². The van der Waals surface area contributed by atoms with Gasteiger partial charge in [-0.25, -0.2) is 4.98 Å². The van der Waals surface area contributed by atoms with Gasteiger partial charge in [-0.2, -0.15) is 0 Å². The number of benzene rings is 2. The van der Waals surface area contributed by atoms with Gasteiger partial charge >= 0.3 is 0 Å². The van der Waals surface area contributed by atoms with Crippen LogP contribution in [0.15, 0.2) is 30.3 Å². The van der Waals surface area contributed by atoms with Crippen molar-refractivity contribution in [2.45, 2.75) is 6.92 Å². The van der Waals surface area contributed by atoms with Gasteiger partial charge < -0.3 is 14.2 Å². The van der Waals surface area contributed by atoms with Crippen molar-refractivity contribution in [1.29, 1.82) is 0 Å². The third kappa shape index (κ3) is 3.36. The Hall–Kier alpha value is -2.80. The number of nitrogens with zero attached hydrogens (tertiary/aromatic N) is 1. The largest absolute Gasteiger partial charge is 0.493 e. The average molecular weight is 358 g/mol. The van der Waals surface area contributed by atoms with E-state index in [1.54, 1.807) is 12.1 Å². The van der Waals surface area contributed by atoms with E-state index in [1.165, 1.54) is 32.7 Å². The highest BCUT2D eigenvalue weighted by Crippen LogP contribution is 2.38. The van der Waals surface area contributed by atoms with Crippen molar-refractivity contribution in [3.05, 3.63) is 41.5 Å². The van der Waals surface area contributed by atoms with E-state index >= 15 is 0 Å². The van der Waals surface area contributed by atoms with E-state index in [2.05, 4.69) is 10.3 Å². The molecule has 3 aromatic rings. The van der Waals surface area contributed by atoms with Crippen molar-refractivity contribution >= 4 is 32.6 Å². The van der Waals surface area contributed by atoms with Gasteiger partial charge in [-0.3, -0.25) is 10.1 Å². The van der Waals surface area contributed by atoms with Gasteiger partial charge in [0, 0.05) is 5.56 Å². The number of thiazole rings is 1. The number of hydrogen-bond acceptors (Lipinski definition) is 6. The number of ether oxygens (including phenoxy) is 3. The van der Waals surface area contributed by atoms with E-state index in [-0.39, 0.29) is 5.91 Å². The number of anilines is 1. The summed E-state index contributed by atoms with van der Waals surface area (Å²) in [6, 6.07) is 9.19. The smallest absolute Gasteiger partial charge is 0.257 e. The quantitative estimate of drug-likeness (QED) is 0.749. The summed E-state index contributed by atoms with van der Waals surface area (Å²) < 4.78 is 16.9. The van der Waals surface area contributed by atoms with Crippen LogP contribution in [-0.4, -0.2) is 32.2 Å². The molecule has 0 aliphatic carbocycles. The normalized spacial score (nSPS) is 10.6. The third-order valence-electron chi connectivity index (χ3n) is 3.69. The first-order valence-electron chi connectivity index (χ1n) is 7.54. The Morgan fingerprint density at radius 2 is 1.72 bits per heavy atom. The molecule has 1 aromatic heterocycles. The lowest BCUT2D eigenvalue weighted by Crippen LogP contribution is -2.12. The average Bonchev–Trinajstić information content (AvgIpc) is 3.01. The fourth-order valence-corrected chi connectivity index (χ4v) is 3.43. The molecule has 1 heterocycles. The maximum atomic E-state index is 12.6. The van der Waals surface area contributed by atoms with Gasteiger partial charge in [-0.1, -0.05) is 17.4 Å². The molecule has 0 spiro atoms. The first-order chi connectivity index (χ1) is 12.0. The van der Waals surface area contributed by atoms with Gasteiger partial charge in [0.1, 0.15) is 0 Å². The molecule has 0 fully saturated rings. The highest BCUT2D eigenvalue weighted by Gasteiger charge is 2.18. The van der Waals surface area contributed by atoms with Crippen LogP contribution in [0.2, 0.25) is 0 Å². The van der Waals surface area contributed by atoms with Crippen LogP contribution in [0, 0.1) is 6.92 Å². The Bertz CT molecular complexity index is 911. The van der Waals surface area contributed by atoms with Gasteiger partial charge in [0.25, 0.3) is 5.91 Å². The lowest BCUT2D eigenvalue weighted by atomic mass is 10.1. The topological polar surface area (TPSA) is 69.7 Å². The van der Waals surface area contributed by atoms with Crippen LogP contribution in [-0.2, 0) is 0 Å². The number of carbonyl (C=O) groups excluding carboxylic acids is 1. The number of nitrogens with one attached hydrogen (secondary N) is 1. The zero-order valence-corrected chi connectivity index (χ0v) is 15.2. The molecule has 0 saturated heterocycles. The predicted molar refractivity (Wildman–Crippen MR) is 98.4 cm³/mol. The SMILES string of the molecule is COc1cc(C(=O)Nc2nc3ccc(C)cc3s2)cc(OC)c1OC. The predicted octanol–water partition coefficient (Wildman–Crippen LogP) is 3.88. The van der Waals surface area contributed by atoms with E-state index in [0.29, 0.717) is 27.9 Å². The van der Waals surface area contributed by atoms with Crippen molar-refractivity contribution in [3.63, 3.8) is 0 Å². The summed E-state index contributed by atoms with van der Waals surface area (Å²) in [5.41, 5.74) is 2.40. The van der Waals surface area contributed by atoms with E-state index in [0.717, 1.165) is 15.8 Å². The number of carbonyl (C=O) groups is 1. The van der Waals surface area contributed by atoms with Crippen molar-refractivity contribution in [2.75, 3.05) is 26.6 Å². The molecule has 2 aromatic carbocycles. The fourth-order valence-electron chi connectivity index (χ4n) is 2.47. The molecular weight excluding hydrogens is 340 g/mol. The van der Waals surface area contributed by atoms with Crippen molar-refractivity contribution in [3.8, 4) is 17.2 Å². The standard InChI is InChI=1S/C18H18N2O4S/c1-10-5-6-12-15(7-10)25-18(19-12)20-17(21)11-8-13(22-2)16(24-4)14(9-11)23-3/h5-9H,1-4H3,(H,19,20,21). The van der Waals surface area contributed by atoms with Crippen LogP contribution in [0.4, 0.5) is 5.13 Å². The molecule has 1 amide bonds. The maximum absolute atomic E-state index is 12.6. The third-order valence-corrected chi connectivity index (χ3v) is 4.62. The molecule has 0 aliphatic heterocycles. The first-order valence-corrected chi connectivity index (χ1v) is 8.36. The number of aryl methyl sites for hydroxylation is 1. The molecule has 7 heteroatoms. The molecule has 0 atom stereocenters. The monoisotopic (exact) mass is 358 g/mol. The van der Waals surface area contributed by atoms with Gasteiger partial charge in [-0.05, 0) is 36.8 Å². The minimum absolute atomic E-state index is 0.296. The van der Waals surface area contributed by atoms with Gasteiger partial charge in [-0.15, -0.1) is 0 Å². The van der Waals surface area contributed by atoms with Crippen LogP contribution in [0.5, 0.6) is 17.2 Å². The molecule has 0 bridgehead atoms. The second kappa shape index (κ2) is 6.98. The second-order valence-electron chi connectivity index (χ2n) is 5.36. The molecule has 6 nitrogen and oxygen atoms in total. The van der Waals surface area contributed by atoms with E-state index in [1.807, 2.05) is 25.1 Å². The number of hydrogen-bond donors (Lipinski definition) is 1. The summed E-state index contributed by atoms with van der Waals surface area (Å²) >= 11 is 1.43. The zero-order valence-electron chi connectivity index (χ0n) is 14.4. The van der Waals surface area contributed by atoms with E-state index in [4.69, 9.17) is 14.2 Å². The zero-order chi connectivity index (χ0) is 18.0. The lowest BCUT2D eigenvalue weighted by Gasteiger charge is -2.13. The summed E-state index contributed by atoms with van der Waals surface area (Å²) in [5.74, 6) is 0.992. The maximum Gasteiger partial charge on any atom is 0.257 e. The minimum Gasteiger partial charge on any atom is -0.493 e. The molecule has 130 valence electrons. The van der Waals surface area contributed by atoms with Crippen molar-refractivity contribution in [1.82, 2.24) is 4.98 Å². The Morgan fingerprint density at radius 3 is 2.32 bits per heavy atom. The Kier molecular flexibility index (Phi) is 4.76. The number of methoxy groups -OCH3 is 3. The van der Waals surface area contributed by atoms with Crippen LogP contribution < -0.4 is 19.5 Å². The number of fused-ring (bicyclic) bond motifs is 1. The summed E-state index contributed by atoms with van der Waals surface area (Å²) in [7, 11) is 4.53. The Labute approximate surface area is 149 Å². The Balaban J connectivity index is 1.91. The summed E-state index contributed by atoms with van der Waals surface area (Å²) in [6.07, 6.45) is 0. The van der Waals surface area contributed by atoms with Gasteiger partial charge in [0.05, 0.1) is 31.5 Å². The number of amides is 1.